The molecular weight excluding hydrogens is 224 g/mol. The number of nitrogens with one attached hydrogen (secondary N) is 1. The van der Waals surface area contributed by atoms with Crippen molar-refractivity contribution in [3.05, 3.63) is 0 Å². The number of likely N-dealkylation sites (N-methyl/N-ethyl adjacent to an activating group) is 1. The highest BCUT2D eigenvalue weighted by Crippen LogP contribution is 2.22. The molecule has 1 aliphatic rings. The van der Waals surface area contributed by atoms with Crippen LogP contribution in [0.5, 0.6) is 0 Å². The molecule has 3 nitrogen and oxygen atoms in total. The second-order valence-corrected chi connectivity index (χ2v) is 5.71. The van der Waals surface area contributed by atoms with Crippen molar-refractivity contribution in [1.29, 1.82) is 0 Å². The molecule has 0 aromatic heterocycles. The highest BCUT2D eigenvalue weighted by atomic mass is 16.5. The predicted octanol–water partition coefficient (Wildman–Crippen LogP) is 2.66. The first kappa shape index (κ1) is 15.9. The average molecular weight is 256 g/mol. The molecule has 1 N–H and O–H groups in total. The molecule has 1 unspecified atom stereocenters. The smallest absolute Gasteiger partial charge is 0.0474 e. The highest BCUT2D eigenvalue weighted by Gasteiger charge is 2.20. The fourth-order valence-corrected chi connectivity index (χ4v) is 2.82. The Morgan fingerprint density at radius 2 is 1.89 bits per heavy atom. The summed E-state index contributed by atoms with van der Waals surface area (Å²) >= 11 is 0. The average Bonchev–Trinajstić information content (AvgIpc) is 2.66. The van der Waals surface area contributed by atoms with E-state index in [1.807, 2.05) is 0 Å². The summed E-state index contributed by atoms with van der Waals surface area (Å²) in [5.41, 5.74) is 0. The largest absolute Gasteiger partial charge is 0.385 e. The van der Waals surface area contributed by atoms with Crippen LogP contribution in [0, 0.1) is 0 Å². The molecule has 0 spiro atoms. The first-order valence-electron chi connectivity index (χ1n) is 7.67. The maximum absolute atomic E-state index is 5.05. The zero-order valence-electron chi connectivity index (χ0n) is 12.6. The molecule has 18 heavy (non-hydrogen) atoms. The van der Waals surface area contributed by atoms with Crippen LogP contribution in [-0.4, -0.2) is 50.8 Å². The molecule has 0 aromatic rings. The van der Waals surface area contributed by atoms with Crippen molar-refractivity contribution in [2.75, 3.05) is 33.9 Å². The summed E-state index contributed by atoms with van der Waals surface area (Å²) in [6.45, 7) is 5.36. The van der Waals surface area contributed by atoms with Gasteiger partial charge in [0.2, 0.25) is 0 Å². The van der Waals surface area contributed by atoms with E-state index in [9.17, 15) is 0 Å². The lowest BCUT2D eigenvalue weighted by molar-refractivity contribution is 0.162. The lowest BCUT2D eigenvalue weighted by Crippen LogP contribution is -2.44. The molecule has 0 bridgehead atoms. The van der Waals surface area contributed by atoms with Crippen LogP contribution >= 0.6 is 0 Å². The number of ether oxygens (including phenoxy) is 1. The third kappa shape index (κ3) is 6.17. The summed E-state index contributed by atoms with van der Waals surface area (Å²) in [6.07, 6.45) is 9.61. The molecule has 0 radical (unpaired) electrons. The van der Waals surface area contributed by atoms with E-state index < -0.39 is 0 Å². The molecular formula is C15H32N2O. The van der Waals surface area contributed by atoms with Gasteiger partial charge in [0.25, 0.3) is 0 Å². The van der Waals surface area contributed by atoms with Crippen LogP contribution < -0.4 is 5.32 Å². The van der Waals surface area contributed by atoms with Gasteiger partial charge in [0.15, 0.2) is 0 Å². The van der Waals surface area contributed by atoms with E-state index >= 15 is 0 Å². The summed E-state index contributed by atoms with van der Waals surface area (Å²) in [7, 11) is 4.07. The van der Waals surface area contributed by atoms with Crippen LogP contribution in [0.25, 0.3) is 0 Å². The molecule has 0 saturated heterocycles. The van der Waals surface area contributed by atoms with Crippen molar-refractivity contribution >= 4 is 0 Å². The van der Waals surface area contributed by atoms with E-state index in [0.717, 1.165) is 32.2 Å². The van der Waals surface area contributed by atoms with Crippen LogP contribution in [0.2, 0.25) is 0 Å². The maximum atomic E-state index is 5.05. The summed E-state index contributed by atoms with van der Waals surface area (Å²) in [6, 6.07) is 1.44. The first-order valence-corrected chi connectivity index (χ1v) is 7.67. The van der Waals surface area contributed by atoms with Crippen molar-refractivity contribution in [3.8, 4) is 0 Å². The van der Waals surface area contributed by atoms with Crippen molar-refractivity contribution in [1.82, 2.24) is 10.2 Å². The minimum absolute atomic E-state index is 0.635. The van der Waals surface area contributed by atoms with Gasteiger partial charge in [0.1, 0.15) is 0 Å². The van der Waals surface area contributed by atoms with Gasteiger partial charge in [-0.3, -0.25) is 4.90 Å². The normalized spacial score (nSPS) is 20.0. The van der Waals surface area contributed by atoms with E-state index in [2.05, 4.69) is 24.2 Å². The molecule has 1 fully saturated rings. The van der Waals surface area contributed by atoms with Gasteiger partial charge in [0.05, 0.1) is 0 Å². The molecule has 0 aliphatic heterocycles. The van der Waals surface area contributed by atoms with Gasteiger partial charge in [-0.05, 0) is 39.8 Å². The quantitative estimate of drug-likeness (QED) is 0.534. The number of rotatable bonds is 8. The number of hydrogen-bond acceptors (Lipinski definition) is 3. The van der Waals surface area contributed by atoms with Gasteiger partial charge in [0, 0.05) is 32.3 Å². The Balaban J connectivity index is 2.16. The molecule has 0 aromatic carbocycles. The molecule has 0 amide bonds. The minimum Gasteiger partial charge on any atom is -0.385 e. The van der Waals surface area contributed by atoms with E-state index in [0.29, 0.717) is 6.04 Å². The number of hydrogen-bond donors (Lipinski definition) is 1. The first-order chi connectivity index (χ1) is 8.75. The summed E-state index contributed by atoms with van der Waals surface area (Å²) in [4.78, 5) is 2.59. The van der Waals surface area contributed by atoms with Gasteiger partial charge in [-0.15, -0.1) is 0 Å². The van der Waals surface area contributed by atoms with Crippen molar-refractivity contribution in [3.63, 3.8) is 0 Å². The van der Waals surface area contributed by atoms with E-state index in [1.165, 1.54) is 38.5 Å². The minimum atomic E-state index is 0.635. The molecule has 108 valence electrons. The molecule has 1 atom stereocenters. The molecule has 0 heterocycles. The Bertz CT molecular complexity index is 191. The van der Waals surface area contributed by atoms with Gasteiger partial charge < -0.3 is 10.1 Å². The van der Waals surface area contributed by atoms with Gasteiger partial charge in [-0.2, -0.15) is 0 Å². The monoisotopic (exact) mass is 256 g/mol. The summed E-state index contributed by atoms with van der Waals surface area (Å²) in [5, 5.41) is 3.53. The van der Waals surface area contributed by atoms with E-state index in [-0.39, 0.29) is 0 Å². The number of methoxy groups -OCH3 is 1. The Morgan fingerprint density at radius 3 is 2.50 bits per heavy atom. The topological polar surface area (TPSA) is 24.5 Å². The fraction of sp³-hybridized carbons (Fsp3) is 1.00. The standard InChI is InChI=1S/C15H32N2O/c1-14(13-16-11-8-12-18-3)17(2)15-9-6-4-5-7-10-15/h14-16H,4-13H2,1-3H3. The van der Waals surface area contributed by atoms with Gasteiger partial charge >= 0.3 is 0 Å². The Hall–Kier alpha value is -0.120. The van der Waals surface area contributed by atoms with Crippen LogP contribution in [0.4, 0.5) is 0 Å². The van der Waals surface area contributed by atoms with E-state index in [4.69, 9.17) is 4.74 Å². The second kappa shape index (κ2) is 9.76. The fourth-order valence-electron chi connectivity index (χ4n) is 2.82. The number of nitrogens with zero attached hydrogens (tertiary/aromatic N) is 1. The van der Waals surface area contributed by atoms with Gasteiger partial charge in [-0.25, -0.2) is 0 Å². The Kier molecular flexibility index (Phi) is 8.64. The van der Waals surface area contributed by atoms with Crippen molar-refractivity contribution < 1.29 is 4.74 Å². The van der Waals surface area contributed by atoms with Crippen LogP contribution in [0.3, 0.4) is 0 Å². The molecule has 1 rings (SSSR count). The van der Waals surface area contributed by atoms with E-state index in [1.54, 1.807) is 7.11 Å². The summed E-state index contributed by atoms with van der Waals surface area (Å²) < 4.78 is 5.05. The second-order valence-electron chi connectivity index (χ2n) is 5.71. The molecule has 3 heteroatoms. The van der Waals surface area contributed by atoms with Crippen LogP contribution in [-0.2, 0) is 4.74 Å². The zero-order chi connectivity index (χ0) is 13.2. The summed E-state index contributed by atoms with van der Waals surface area (Å²) in [5.74, 6) is 0. The molecule has 1 saturated carbocycles. The van der Waals surface area contributed by atoms with Gasteiger partial charge in [-0.1, -0.05) is 25.7 Å². The lowest BCUT2D eigenvalue weighted by atomic mass is 10.1. The predicted molar refractivity (Wildman–Crippen MR) is 78.1 cm³/mol. The van der Waals surface area contributed by atoms with Crippen molar-refractivity contribution in [2.24, 2.45) is 0 Å². The third-order valence-corrected chi connectivity index (χ3v) is 4.24. The van der Waals surface area contributed by atoms with Crippen LogP contribution in [0.1, 0.15) is 51.9 Å². The zero-order valence-corrected chi connectivity index (χ0v) is 12.6. The Labute approximate surface area is 113 Å². The Morgan fingerprint density at radius 1 is 1.22 bits per heavy atom. The maximum Gasteiger partial charge on any atom is 0.0474 e. The highest BCUT2D eigenvalue weighted by molar-refractivity contribution is 4.77. The third-order valence-electron chi connectivity index (χ3n) is 4.24. The SMILES string of the molecule is COCCCNCC(C)N(C)C1CCCCCC1. The lowest BCUT2D eigenvalue weighted by Gasteiger charge is -2.33. The van der Waals surface area contributed by atoms with Crippen LogP contribution in [0.15, 0.2) is 0 Å². The molecule has 1 aliphatic carbocycles. The van der Waals surface area contributed by atoms with Crippen molar-refractivity contribution in [2.45, 2.75) is 64.0 Å².